The van der Waals surface area contributed by atoms with Crippen molar-refractivity contribution in [2.45, 2.75) is 19.5 Å². The number of imidazole rings is 1. The third-order valence-corrected chi connectivity index (χ3v) is 3.46. The lowest BCUT2D eigenvalue weighted by Crippen LogP contribution is -2.21. The fourth-order valence-corrected chi connectivity index (χ4v) is 2.35. The minimum atomic E-state index is 0.197. The number of hydrogen-bond acceptors (Lipinski definition) is 4. The summed E-state index contributed by atoms with van der Waals surface area (Å²) >= 11 is 0. The molecule has 20 heavy (non-hydrogen) atoms. The molecule has 0 saturated carbocycles. The van der Waals surface area contributed by atoms with Crippen molar-refractivity contribution in [3.63, 3.8) is 0 Å². The van der Waals surface area contributed by atoms with Crippen molar-refractivity contribution in [3.8, 4) is 11.5 Å². The standard InChI is InChI=1S/C15H19N3O2/c1-11(15-16-5-6-18(15)2)17-10-12-3-4-13-14(9-12)20-8-7-19-13/h3-6,9,11,17H,7-8,10H2,1-2H3. The number of nitrogens with zero attached hydrogens (tertiary/aromatic N) is 2. The molecular weight excluding hydrogens is 254 g/mol. The highest BCUT2D eigenvalue weighted by molar-refractivity contribution is 5.43. The summed E-state index contributed by atoms with van der Waals surface area (Å²) in [7, 11) is 2.00. The molecule has 5 heteroatoms. The Morgan fingerprint density at radius 1 is 1.30 bits per heavy atom. The van der Waals surface area contributed by atoms with E-state index < -0.39 is 0 Å². The Kier molecular flexibility index (Phi) is 3.60. The number of ether oxygens (including phenoxy) is 2. The first-order valence-electron chi connectivity index (χ1n) is 6.83. The van der Waals surface area contributed by atoms with Gasteiger partial charge in [-0.1, -0.05) is 6.07 Å². The molecule has 1 aliphatic heterocycles. The summed E-state index contributed by atoms with van der Waals surface area (Å²) < 4.78 is 13.1. The molecule has 0 fully saturated rings. The fraction of sp³-hybridized carbons (Fsp3) is 0.400. The Morgan fingerprint density at radius 3 is 2.85 bits per heavy atom. The lowest BCUT2D eigenvalue weighted by molar-refractivity contribution is 0.171. The molecule has 0 radical (unpaired) electrons. The van der Waals surface area contributed by atoms with Crippen LogP contribution in [-0.2, 0) is 13.6 Å². The lowest BCUT2D eigenvalue weighted by Gasteiger charge is -2.19. The monoisotopic (exact) mass is 273 g/mol. The first-order chi connectivity index (χ1) is 9.74. The van der Waals surface area contributed by atoms with Gasteiger partial charge in [0.05, 0.1) is 6.04 Å². The summed E-state index contributed by atoms with van der Waals surface area (Å²) in [6.07, 6.45) is 3.77. The van der Waals surface area contributed by atoms with Crippen LogP contribution in [0, 0.1) is 0 Å². The fourth-order valence-electron chi connectivity index (χ4n) is 2.35. The van der Waals surface area contributed by atoms with Gasteiger partial charge < -0.3 is 19.4 Å². The van der Waals surface area contributed by atoms with Gasteiger partial charge in [-0.2, -0.15) is 0 Å². The van der Waals surface area contributed by atoms with E-state index in [2.05, 4.69) is 23.3 Å². The Hall–Kier alpha value is -2.01. The zero-order valence-electron chi connectivity index (χ0n) is 11.8. The normalized spacial score (nSPS) is 15.1. The van der Waals surface area contributed by atoms with Crippen LogP contribution in [0.5, 0.6) is 11.5 Å². The van der Waals surface area contributed by atoms with E-state index >= 15 is 0 Å². The predicted molar refractivity (Wildman–Crippen MR) is 75.9 cm³/mol. The molecule has 0 saturated heterocycles. The zero-order valence-corrected chi connectivity index (χ0v) is 11.8. The number of benzene rings is 1. The molecule has 3 rings (SSSR count). The molecule has 0 bridgehead atoms. The molecule has 1 aromatic heterocycles. The van der Waals surface area contributed by atoms with E-state index in [1.807, 2.05) is 36.1 Å². The van der Waals surface area contributed by atoms with E-state index in [9.17, 15) is 0 Å². The van der Waals surface area contributed by atoms with Gasteiger partial charge in [-0.3, -0.25) is 0 Å². The van der Waals surface area contributed by atoms with Crippen LogP contribution in [0.4, 0.5) is 0 Å². The van der Waals surface area contributed by atoms with Crippen LogP contribution in [0.2, 0.25) is 0 Å². The van der Waals surface area contributed by atoms with E-state index in [4.69, 9.17) is 9.47 Å². The maximum Gasteiger partial charge on any atom is 0.161 e. The van der Waals surface area contributed by atoms with Gasteiger partial charge >= 0.3 is 0 Å². The van der Waals surface area contributed by atoms with E-state index in [0.29, 0.717) is 13.2 Å². The molecule has 0 aliphatic carbocycles. The van der Waals surface area contributed by atoms with Crippen molar-refractivity contribution in [2.75, 3.05) is 13.2 Å². The predicted octanol–water partition coefficient (Wildman–Crippen LogP) is 2.04. The summed E-state index contributed by atoms with van der Waals surface area (Å²) in [5.41, 5.74) is 1.18. The van der Waals surface area contributed by atoms with Gasteiger partial charge in [0.1, 0.15) is 19.0 Å². The quantitative estimate of drug-likeness (QED) is 0.926. The van der Waals surface area contributed by atoms with E-state index in [0.717, 1.165) is 23.9 Å². The minimum Gasteiger partial charge on any atom is -0.486 e. The van der Waals surface area contributed by atoms with Gasteiger partial charge in [0.25, 0.3) is 0 Å². The highest BCUT2D eigenvalue weighted by Gasteiger charge is 2.13. The minimum absolute atomic E-state index is 0.197. The largest absolute Gasteiger partial charge is 0.486 e. The molecule has 1 aromatic carbocycles. The maximum absolute atomic E-state index is 5.59. The van der Waals surface area contributed by atoms with Crippen LogP contribution < -0.4 is 14.8 Å². The highest BCUT2D eigenvalue weighted by Crippen LogP contribution is 2.30. The van der Waals surface area contributed by atoms with Crippen LogP contribution in [-0.4, -0.2) is 22.8 Å². The molecule has 1 N–H and O–H groups in total. The Morgan fingerprint density at radius 2 is 2.10 bits per heavy atom. The maximum atomic E-state index is 5.59. The first-order valence-corrected chi connectivity index (χ1v) is 6.83. The second-order valence-corrected chi connectivity index (χ2v) is 4.98. The van der Waals surface area contributed by atoms with Crippen LogP contribution in [0.1, 0.15) is 24.4 Å². The highest BCUT2D eigenvalue weighted by atomic mass is 16.6. The summed E-state index contributed by atoms with van der Waals surface area (Å²) in [5, 5.41) is 3.47. The smallest absolute Gasteiger partial charge is 0.161 e. The van der Waals surface area contributed by atoms with Gasteiger partial charge in [0.15, 0.2) is 11.5 Å². The lowest BCUT2D eigenvalue weighted by atomic mass is 10.2. The Labute approximate surface area is 118 Å². The number of aryl methyl sites for hydroxylation is 1. The van der Waals surface area contributed by atoms with Crippen molar-refractivity contribution in [1.29, 1.82) is 0 Å². The molecule has 1 unspecified atom stereocenters. The molecule has 2 aromatic rings. The molecule has 1 aliphatic rings. The average molecular weight is 273 g/mol. The molecule has 1 atom stereocenters. The molecular formula is C15H19N3O2. The van der Waals surface area contributed by atoms with Crippen LogP contribution in [0.15, 0.2) is 30.6 Å². The summed E-state index contributed by atoms with van der Waals surface area (Å²) in [4.78, 5) is 4.35. The van der Waals surface area contributed by atoms with Gasteiger partial charge in [0.2, 0.25) is 0 Å². The third-order valence-electron chi connectivity index (χ3n) is 3.46. The van der Waals surface area contributed by atoms with Crippen LogP contribution >= 0.6 is 0 Å². The van der Waals surface area contributed by atoms with Crippen LogP contribution in [0.3, 0.4) is 0 Å². The second kappa shape index (κ2) is 5.54. The summed E-state index contributed by atoms with van der Waals surface area (Å²) in [6.45, 7) is 4.12. The molecule has 0 amide bonds. The first kappa shape index (κ1) is 13.0. The van der Waals surface area contributed by atoms with Gasteiger partial charge in [0, 0.05) is 26.0 Å². The van der Waals surface area contributed by atoms with E-state index in [-0.39, 0.29) is 6.04 Å². The van der Waals surface area contributed by atoms with Gasteiger partial charge in [-0.25, -0.2) is 4.98 Å². The second-order valence-electron chi connectivity index (χ2n) is 4.98. The van der Waals surface area contributed by atoms with Crippen LogP contribution in [0.25, 0.3) is 0 Å². The third kappa shape index (κ3) is 2.63. The SMILES string of the molecule is CC(NCc1ccc2c(c1)OCCO2)c1nccn1C. The number of hydrogen-bond donors (Lipinski definition) is 1. The number of fused-ring (bicyclic) bond motifs is 1. The number of aromatic nitrogens is 2. The molecule has 5 nitrogen and oxygen atoms in total. The summed E-state index contributed by atoms with van der Waals surface area (Å²) in [5.74, 6) is 2.69. The zero-order chi connectivity index (χ0) is 13.9. The average Bonchev–Trinajstić information content (AvgIpc) is 2.91. The van der Waals surface area contributed by atoms with Crippen molar-refractivity contribution < 1.29 is 9.47 Å². The van der Waals surface area contributed by atoms with Crippen molar-refractivity contribution in [1.82, 2.24) is 14.9 Å². The van der Waals surface area contributed by atoms with Crippen molar-refractivity contribution in [2.24, 2.45) is 7.05 Å². The number of rotatable bonds is 4. The van der Waals surface area contributed by atoms with E-state index in [1.54, 1.807) is 0 Å². The molecule has 0 spiro atoms. The van der Waals surface area contributed by atoms with Gasteiger partial charge in [-0.05, 0) is 24.6 Å². The number of nitrogens with one attached hydrogen (secondary N) is 1. The summed E-state index contributed by atoms with van der Waals surface area (Å²) in [6, 6.07) is 6.26. The molecule has 106 valence electrons. The van der Waals surface area contributed by atoms with Crippen molar-refractivity contribution >= 4 is 0 Å². The Balaban J connectivity index is 1.65. The van der Waals surface area contributed by atoms with Crippen molar-refractivity contribution in [3.05, 3.63) is 42.0 Å². The Bertz CT molecular complexity index is 595. The van der Waals surface area contributed by atoms with E-state index in [1.165, 1.54) is 5.56 Å². The molecule has 2 heterocycles. The van der Waals surface area contributed by atoms with Gasteiger partial charge in [-0.15, -0.1) is 0 Å². The topological polar surface area (TPSA) is 48.3 Å².